The normalized spacial score (nSPS) is 15.7. The van der Waals surface area contributed by atoms with Crippen molar-refractivity contribution in [1.29, 1.82) is 0 Å². The summed E-state index contributed by atoms with van der Waals surface area (Å²) < 4.78 is 11.0. The lowest BCUT2D eigenvalue weighted by Crippen LogP contribution is -2.48. The van der Waals surface area contributed by atoms with E-state index in [-0.39, 0.29) is 11.3 Å². The standard InChI is InChI=1S/C25H34N4O3/c1-26-23(30)20-6-4-5-19(17-20)11-14-28-24(27-2)29-18-25(12-15-32-16-13-25)21-7-9-22(31-3)10-8-21/h4-10,17H,11-16,18H2,1-3H3,(H,26,30)(H2,27,28,29). The Morgan fingerprint density at radius 1 is 1.12 bits per heavy atom. The number of rotatable bonds is 8. The summed E-state index contributed by atoms with van der Waals surface area (Å²) in [5.41, 5.74) is 3.06. The molecular weight excluding hydrogens is 404 g/mol. The summed E-state index contributed by atoms with van der Waals surface area (Å²) in [6.45, 7) is 2.99. The molecule has 2 aromatic rings. The maximum absolute atomic E-state index is 11.8. The van der Waals surface area contributed by atoms with Crippen LogP contribution in [0.15, 0.2) is 53.5 Å². The van der Waals surface area contributed by atoms with Gasteiger partial charge in [-0.2, -0.15) is 0 Å². The van der Waals surface area contributed by atoms with Gasteiger partial charge in [0.25, 0.3) is 5.91 Å². The number of carbonyl (C=O) groups excluding carboxylic acids is 1. The maximum Gasteiger partial charge on any atom is 0.251 e. The molecule has 2 aromatic carbocycles. The van der Waals surface area contributed by atoms with Gasteiger partial charge >= 0.3 is 0 Å². The monoisotopic (exact) mass is 438 g/mol. The van der Waals surface area contributed by atoms with Crippen molar-refractivity contribution in [3.8, 4) is 5.75 Å². The molecule has 1 saturated heterocycles. The zero-order valence-corrected chi connectivity index (χ0v) is 19.2. The summed E-state index contributed by atoms with van der Waals surface area (Å²) in [7, 11) is 5.11. The summed E-state index contributed by atoms with van der Waals surface area (Å²) in [6.07, 6.45) is 2.70. The first kappa shape index (κ1) is 23.6. The lowest BCUT2D eigenvalue weighted by molar-refractivity contribution is 0.0513. The van der Waals surface area contributed by atoms with Crippen LogP contribution < -0.4 is 20.7 Å². The van der Waals surface area contributed by atoms with Crippen LogP contribution in [0.4, 0.5) is 0 Å². The van der Waals surface area contributed by atoms with Crippen LogP contribution in [0.5, 0.6) is 5.75 Å². The molecule has 7 heteroatoms. The lowest BCUT2D eigenvalue weighted by Gasteiger charge is -2.38. The van der Waals surface area contributed by atoms with E-state index in [1.807, 2.05) is 36.4 Å². The largest absolute Gasteiger partial charge is 0.497 e. The minimum atomic E-state index is -0.0717. The Morgan fingerprint density at radius 3 is 2.53 bits per heavy atom. The van der Waals surface area contributed by atoms with Crippen LogP contribution in [-0.4, -0.2) is 59.4 Å². The molecule has 0 radical (unpaired) electrons. The summed E-state index contributed by atoms with van der Waals surface area (Å²) in [5.74, 6) is 1.56. The number of guanidine groups is 1. The number of nitrogens with zero attached hydrogens (tertiary/aromatic N) is 1. The van der Waals surface area contributed by atoms with E-state index in [9.17, 15) is 4.79 Å². The first-order chi connectivity index (χ1) is 15.6. The fourth-order valence-electron chi connectivity index (χ4n) is 4.09. The molecule has 32 heavy (non-hydrogen) atoms. The smallest absolute Gasteiger partial charge is 0.251 e. The Labute approximate surface area is 190 Å². The van der Waals surface area contributed by atoms with E-state index in [1.54, 1.807) is 21.2 Å². The van der Waals surface area contributed by atoms with Gasteiger partial charge in [-0.1, -0.05) is 24.3 Å². The third-order valence-corrected chi connectivity index (χ3v) is 6.09. The molecule has 1 aliphatic rings. The maximum atomic E-state index is 11.8. The highest BCUT2D eigenvalue weighted by Crippen LogP contribution is 2.35. The van der Waals surface area contributed by atoms with E-state index < -0.39 is 0 Å². The van der Waals surface area contributed by atoms with E-state index in [4.69, 9.17) is 9.47 Å². The fourth-order valence-corrected chi connectivity index (χ4v) is 4.09. The molecule has 1 heterocycles. The minimum absolute atomic E-state index is 0.00993. The molecule has 172 valence electrons. The number of benzene rings is 2. The predicted molar refractivity (Wildman–Crippen MR) is 128 cm³/mol. The van der Waals surface area contributed by atoms with Gasteiger partial charge in [-0.3, -0.25) is 9.79 Å². The van der Waals surface area contributed by atoms with Gasteiger partial charge in [0.1, 0.15) is 5.75 Å². The van der Waals surface area contributed by atoms with Gasteiger partial charge in [-0.15, -0.1) is 0 Å². The van der Waals surface area contributed by atoms with Gasteiger partial charge in [0.15, 0.2) is 5.96 Å². The second-order valence-electron chi connectivity index (χ2n) is 8.00. The van der Waals surface area contributed by atoms with Gasteiger partial charge in [0, 0.05) is 51.4 Å². The Balaban J connectivity index is 1.58. The first-order valence-corrected chi connectivity index (χ1v) is 11.1. The van der Waals surface area contributed by atoms with Gasteiger partial charge in [-0.05, 0) is 54.7 Å². The Kier molecular flexibility index (Phi) is 8.50. The van der Waals surface area contributed by atoms with Crippen molar-refractivity contribution in [3.63, 3.8) is 0 Å². The van der Waals surface area contributed by atoms with Crippen LogP contribution in [0.3, 0.4) is 0 Å². The Morgan fingerprint density at radius 2 is 1.88 bits per heavy atom. The van der Waals surface area contributed by atoms with Gasteiger partial charge < -0.3 is 25.4 Å². The Bertz CT molecular complexity index is 906. The molecular formula is C25H34N4O3. The number of nitrogens with one attached hydrogen (secondary N) is 3. The van der Waals surface area contributed by atoms with Crippen LogP contribution >= 0.6 is 0 Å². The third-order valence-electron chi connectivity index (χ3n) is 6.09. The molecule has 0 atom stereocenters. The van der Waals surface area contributed by atoms with Crippen LogP contribution in [0.2, 0.25) is 0 Å². The minimum Gasteiger partial charge on any atom is -0.497 e. The number of carbonyl (C=O) groups is 1. The average Bonchev–Trinajstić information content (AvgIpc) is 2.86. The second kappa shape index (κ2) is 11.5. The quantitative estimate of drug-likeness (QED) is 0.436. The molecule has 1 fully saturated rings. The molecule has 0 aliphatic carbocycles. The summed E-state index contributed by atoms with van der Waals surface area (Å²) in [6, 6.07) is 16.0. The van der Waals surface area contributed by atoms with Crippen LogP contribution in [0, 0.1) is 0 Å². The van der Waals surface area contributed by atoms with Crippen LogP contribution in [0.25, 0.3) is 0 Å². The number of ether oxygens (including phenoxy) is 2. The van der Waals surface area contributed by atoms with E-state index in [0.717, 1.165) is 62.8 Å². The molecule has 3 rings (SSSR count). The van der Waals surface area contributed by atoms with Crippen LogP contribution in [0.1, 0.15) is 34.3 Å². The lowest BCUT2D eigenvalue weighted by atomic mass is 9.74. The van der Waals surface area contributed by atoms with Crippen LogP contribution in [-0.2, 0) is 16.6 Å². The molecule has 1 aliphatic heterocycles. The van der Waals surface area contributed by atoms with Gasteiger partial charge in [0.05, 0.1) is 7.11 Å². The zero-order valence-electron chi connectivity index (χ0n) is 19.2. The number of hydrogen-bond acceptors (Lipinski definition) is 4. The number of aliphatic imine (C=N–C) groups is 1. The molecule has 7 nitrogen and oxygen atoms in total. The van der Waals surface area contributed by atoms with Crippen molar-refractivity contribution in [2.24, 2.45) is 4.99 Å². The van der Waals surface area contributed by atoms with Gasteiger partial charge in [-0.25, -0.2) is 0 Å². The first-order valence-electron chi connectivity index (χ1n) is 11.1. The van der Waals surface area contributed by atoms with E-state index in [1.165, 1.54) is 5.56 Å². The predicted octanol–water partition coefficient (Wildman–Crippen LogP) is 2.51. The van der Waals surface area contributed by atoms with Crippen molar-refractivity contribution in [3.05, 3.63) is 65.2 Å². The molecule has 0 saturated carbocycles. The summed E-state index contributed by atoms with van der Waals surface area (Å²) in [4.78, 5) is 16.2. The average molecular weight is 439 g/mol. The number of hydrogen-bond donors (Lipinski definition) is 3. The Hall–Kier alpha value is -3.06. The second-order valence-corrected chi connectivity index (χ2v) is 8.00. The highest BCUT2D eigenvalue weighted by atomic mass is 16.5. The van der Waals surface area contributed by atoms with Crippen molar-refractivity contribution in [1.82, 2.24) is 16.0 Å². The van der Waals surface area contributed by atoms with Crippen molar-refractivity contribution >= 4 is 11.9 Å². The third kappa shape index (κ3) is 6.01. The van der Waals surface area contributed by atoms with E-state index in [2.05, 4.69) is 33.1 Å². The highest BCUT2D eigenvalue weighted by molar-refractivity contribution is 5.94. The molecule has 3 N–H and O–H groups in total. The molecule has 0 spiro atoms. The molecule has 0 unspecified atom stereocenters. The number of amides is 1. The van der Waals surface area contributed by atoms with Crippen molar-refractivity contribution < 1.29 is 14.3 Å². The highest BCUT2D eigenvalue weighted by Gasteiger charge is 2.34. The molecule has 1 amide bonds. The topological polar surface area (TPSA) is 84.0 Å². The fraction of sp³-hybridized carbons (Fsp3) is 0.440. The summed E-state index contributed by atoms with van der Waals surface area (Å²) in [5, 5.41) is 9.58. The van der Waals surface area contributed by atoms with Crippen molar-refractivity contribution in [2.45, 2.75) is 24.7 Å². The van der Waals surface area contributed by atoms with Gasteiger partial charge in [0.2, 0.25) is 0 Å². The number of methoxy groups -OCH3 is 1. The zero-order chi connectivity index (χ0) is 22.8. The summed E-state index contributed by atoms with van der Waals surface area (Å²) >= 11 is 0. The molecule has 0 bridgehead atoms. The van der Waals surface area contributed by atoms with Crippen molar-refractivity contribution in [2.75, 3.05) is 47.5 Å². The van der Waals surface area contributed by atoms with E-state index in [0.29, 0.717) is 5.56 Å². The van der Waals surface area contributed by atoms with E-state index >= 15 is 0 Å². The molecule has 0 aromatic heterocycles. The SMILES string of the molecule is CN=C(NCCc1cccc(C(=O)NC)c1)NCC1(c2ccc(OC)cc2)CCOCC1.